The number of hydrogen-bond donors (Lipinski definition) is 1. The summed E-state index contributed by atoms with van der Waals surface area (Å²) < 4.78 is 37.8. The third-order valence-corrected chi connectivity index (χ3v) is 4.73. The van der Waals surface area contributed by atoms with Gasteiger partial charge in [-0.3, -0.25) is 9.59 Å². The minimum atomic E-state index is -4.53. The number of nitrogens with zero attached hydrogens (tertiary/aromatic N) is 2. The summed E-state index contributed by atoms with van der Waals surface area (Å²) in [7, 11) is 0. The number of ketones is 1. The monoisotopic (exact) mass is 405 g/mol. The largest absolute Gasteiger partial charge is 0.433 e. The molecule has 0 bridgehead atoms. The number of benzene rings is 1. The summed E-state index contributed by atoms with van der Waals surface area (Å²) in [6, 6.07) is 7.12. The number of Topliss-reactive ketones (excluding diaryl/α,β-unsaturated/α-hetero) is 1. The summed E-state index contributed by atoms with van der Waals surface area (Å²) in [5, 5.41) is 2.54. The minimum absolute atomic E-state index is 0.0887. The second-order valence-corrected chi connectivity index (χ2v) is 7.55. The van der Waals surface area contributed by atoms with Crippen molar-refractivity contribution in [1.82, 2.24) is 4.98 Å². The molecule has 8 heteroatoms. The van der Waals surface area contributed by atoms with Crippen molar-refractivity contribution in [3.8, 4) is 0 Å². The van der Waals surface area contributed by atoms with E-state index in [9.17, 15) is 22.8 Å². The Balaban J connectivity index is 1.75. The van der Waals surface area contributed by atoms with Crippen LogP contribution < -0.4 is 10.2 Å². The van der Waals surface area contributed by atoms with Crippen molar-refractivity contribution >= 4 is 23.1 Å². The van der Waals surface area contributed by atoms with Crippen LogP contribution in [0.2, 0.25) is 0 Å². The molecule has 29 heavy (non-hydrogen) atoms. The number of rotatable bonds is 5. The first-order valence-electron chi connectivity index (χ1n) is 9.37. The fourth-order valence-electron chi connectivity index (χ4n) is 3.20. The second kappa shape index (κ2) is 8.23. The van der Waals surface area contributed by atoms with Crippen LogP contribution in [0.1, 0.15) is 41.9 Å². The smallest absolute Gasteiger partial charge is 0.364 e. The van der Waals surface area contributed by atoms with E-state index >= 15 is 0 Å². The zero-order valence-corrected chi connectivity index (χ0v) is 16.2. The van der Waals surface area contributed by atoms with Crippen LogP contribution in [0.5, 0.6) is 0 Å². The lowest BCUT2D eigenvalue weighted by atomic mass is 9.97. The van der Waals surface area contributed by atoms with E-state index in [4.69, 9.17) is 0 Å². The molecule has 0 fully saturated rings. The number of carbonyl (C=O) groups is 2. The zero-order valence-electron chi connectivity index (χ0n) is 16.2. The molecule has 1 aliphatic rings. The molecule has 0 unspecified atom stereocenters. The number of carbonyl (C=O) groups excluding carboxylic acids is 2. The van der Waals surface area contributed by atoms with Crippen LogP contribution in [0, 0.1) is 5.92 Å². The topological polar surface area (TPSA) is 62.3 Å². The van der Waals surface area contributed by atoms with Crippen molar-refractivity contribution in [1.29, 1.82) is 0 Å². The van der Waals surface area contributed by atoms with Crippen LogP contribution >= 0.6 is 0 Å². The van der Waals surface area contributed by atoms with Crippen LogP contribution in [-0.2, 0) is 17.4 Å². The number of alkyl halides is 3. The highest BCUT2D eigenvalue weighted by Crippen LogP contribution is 2.29. The predicted octanol–water partition coefficient (Wildman–Crippen LogP) is 4.33. The summed E-state index contributed by atoms with van der Waals surface area (Å²) in [6.07, 6.45) is -2.35. The SMILES string of the molecule is CC(C)CCN1CC(=O)Cc2cc(C(=O)Nc3ccc(C(F)(F)F)nc3)ccc21. The maximum absolute atomic E-state index is 12.6. The fourth-order valence-corrected chi connectivity index (χ4v) is 3.20. The van der Waals surface area contributed by atoms with Gasteiger partial charge in [-0.2, -0.15) is 13.2 Å². The Labute approximate surface area is 166 Å². The van der Waals surface area contributed by atoms with Gasteiger partial charge in [-0.25, -0.2) is 4.98 Å². The van der Waals surface area contributed by atoms with Crippen molar-refractivity contribution in [2.24, 2.45) is 5.92 Å². The van der Waals surface area contributed by atoms with Crippen LogP contribution in [0.25, 0.3) is 0 Å². The van der Waals surface area contributed by atoms with Crippen LogP contribution in [0.4, 0.5) is 24.5 Å². The summed E-state index contributed by atoms with van der Waals surface area (Å²) in [5.74, 6) is 0.129. The molecular weight excluding hydrogens is 383 g/mol. The number of hydrogen-bond acceptors (Lipinski definition) is 4. The van der Waals surface area contributed by atoms with Crippen molar-refractivity contribution in [3.05, 3.63) is 53.3 Å². The lowest BCUT2D eigenvalue weighted by Gasteiger charge is -2.31. The third kappa shape index (κ3) is 5.13. The Morgan fingerprint density at radius 2 is 2.00 bits per heavy atom. The number of fused-ring (bicyclic) bond motifs is 1. The first kappa shape index (κ1) is 20.8. The number of nitrogens with one attached hydrogen (secondary N) is 1. The number of amides is 1. The van der Waals surface area contributed by atoms with E-state index in [1.54, 1.807) is 12.1 Å². The molecule has 1 N–H and O–H groups in total. The Hall–Kier alpha value is -2.90. The number of aromatic nitrogens is 1. The molecule has 0 radical (unpaired) electrons. The average molecular weight is 405 g/mol. The normalized spacial score (nSPS) is 14.1. The quantitative estimate of drug-likeness (QED) is 0.804. The Morgan fingerprint density at radius 3 is 2.62 bits per heavy atom. The van der Waals surface area contributed by atoms with E-state index in [1.165, 1.54) is 0 Å². The second-order valence-electron chi connectivity index (χ2n) is 7.55. The van der Waals surface area contributed by atoms with Gasteiger partial charge in [0.2, 0.25) is 0 Å². The number of pyridine rings is 1. The van der Waals surface area contributed by atoms with Crippen molar-refractivity contribution < 1.29 is 22.8 Å². The average Bonchev–Trinajstić information content (AvgIpc) is 2.65. The van der Waals surface area contributed by atoms with E-state index < -0.39 is 17.8 Å². The molecule has 2 aromatic rings. The van der Waals surface area contributed by atoms with E-state index in [1.807, 2.05) is 11.0 Å². The number of halogens is 3. The molecule has 0 atom stereocenters. The first-order valence-corrected chi connectivity index (χ1v) is 9.37. The van der Waals surface area contributed by atoms with Gasteiger partial charge in [-0.05, 0) is 48.2 Å². The molecule has 0 saturated carbocycles. The lowest BCUT2D eigenvalue weighted by molar-refractivity contribution is -0.141. The molecule has 1 aromatic heterocycles. The molecular formula is C21H22F3N3O2. The highest BCUT2D eigenvalue weighted by molar-refractivity contribution is 6.05. The highest BCUT2D eigenvalue weighted by atomic mass is 19.4. The third-order valence-electron chi connectivity index (χ3n) is 4.73. The van der Waals surface area contributed by atoms with Crippen molar-refractivity contribution in [2.75, 3.05) is 23.3 Å². The van der Waals surface area contributed by atoms with Gasteiger partial charge in [0.05, 0.1) is 18.4 Å². The van der Waals surface area contributed by atoms with Crippen LogP contribution in [0.15, 0.2) is 36.5 Å². The van der Waals surface area contributed by atoms with Gasteiger partial charge in [0.1, 0.15) is 5.69 Å². The summed E-state index contributed by atoms with van der Waals surface area (Å²) in [5.41, 5.74) is 1.20. The van der Waals surface area contributed by atoms with E-state index in [-0.39, 0.29) is 17.9 Å². The van der Waals surface area contributed by atoms with Gasteiger partial charge in [0.15, 0.2) is 5.78 Å². The highest BCUT2D eigenvalue weighted by Gasteiger charge is 2.32. The van der Waals surface area contributed by atoms with E-state index in [0.717, 1.165) is 42.5 Å². The summed E-state index contributed by atoms with van der Waals surface area (Å²) in [4.78, 5) is 30.0. The van der Waals surface area contributed by atoms with Gasteiger partial charge in [-0.15, -0.1) is 0 Å². The van der Waals surface area contributed by atoms with Gasteiger partial charge in [0, 0.05) is 24.2 Å². The van der Waals surface area contributed by atoms with Gasteiger partial charge in [0.25, 0.3) is 5.91 Å². The minimum Gasteiger partial charge on any atom is -0.364 e. The Morgan fingerprint density at radius 1 is 1.24 bits per heavy atom. The van der Waals surface area contributed by atoms with Gasteiger partial charge >= 0.3 is 6.18 Å². The van der Waals surface area contributed by atoms with E-state index in [0.29, 0.717) is 18.0 Å². The van der Waals surface area contributed by atoms with Crippen LogP contribution in [0.3, 0.4) is 0 Å². The van der Waals surface area contributed by atoms with E-state index in [2.05, 4.69) is 24.1 Å². The van der Waals surface area contributed by atoms with Crippen molar-refractivity contribution in [2.45, 2.75) is 32.9 Å². The molecule has 0 spiro atoms. The molecule has 0 aliphatic carbocycles. The maximum Gasteiger partial charge on any atom is 0.433 e. The van der Waals surface area contributed by atoms with Gasteiger partial charge < -0.3 is 10.2 Å². The predicted molar refractivity (Wildman–Crippen MR) is 104 cm³/mol. The molecule has 2 heterocycles. The first-order chi connectivity index (χ1) is 13.6. The molecule has 1 aliphatic heterocycles. The summed E-state index contributed by atoms with van der Waals surface area (Å²) >= 11 is 0. The Kier molecular flexibility index (Phi) is 5.91. The zero-order chi connectivity index (χ0) is 21.2. The van der Waals surface area contributed by atoms with Crippen LogP contribution in [-0.4, -0.2) is 29.8 Å². The van der Waals surface area contributed by atoms with Crippen molar-refractivity contribution in [3.63, 3.8) is 0 Å². The molecule has 1 aromatic carbocycles. The van der Waals surface area contributed by atoms with Gasteiger partial charge in [-0.1, -0.05) is 13.8 Å². The lowest BCUT2D eigenvalue weighted by Crippen LogP contribution is -2.37. The molecule has 154 valence electrons. The maximum atomic E-state index is 12.6. The fraction of sp³-hybridized carbons (Fsp3) is 0.381. The summed E-state index contributed by atoms with van der Waals surface area (Å²) in [6.45, 7) is 5.37. The molecule has 0 saturated heterocycles. The Bertz CT molecular complexity index is 908. The number of anilines is 2. The molecule has 5 nitrogen and oxygen atoms in total. The standard InChI is InChI=1S/C21H22F3N3O2/c1-13(2)7-8-27-12-17(28)10-15-9-14(3-5-18(15)27)20(29)26-16-4-6-19(25-11-16)21(22,23)24/h3-6,9,11,13H,7-8,10,12H2,1-2H3,(H,26,29). The molecule has 1 amide bonds. The molecule has 3 rings (SSSR count).